The van der Waals surface area contributed by atoms with Gasteiger partial charge in [0, 0.05) is 6.42 Å². The Kier molecular flexibility index (Phi) is 7.17. The number of aliphatic carboxylic acids is 1. The Hall–Kier alpha value is -0.626. The van der Waals surface area contributed by atoms with Crippen molar-refractivity contribution in [2.45, 2.75) is 77.6 Å². The zero-order valence-electron chi connectivity index (χ0n) is 14.1. The summed E-state index contributed by atoms with van der Waals surface area (Å²) in [6, 6.07) is 0. The van der Waals surface area contributed by atoms with Gasteiger partial charge in [-0.15, -0.1) is 0 Å². The maximum absolute atomic E-state index is 12.5. The van der Waals surface area contributed by atoms with Crippen molar-refractivity contribution in [1.82, 2.24) is 4.57 Å². The highest BCUT2D eigenvalue weighted by Crippen LogP contribution is 2.23. The molecule has 0 aliphatic heterocycles. The van der Waals surface area contributed by atoms with E-state index in [2.05, 4.69) is 6.92 Å². The van der Waals surface area contributed by atoms with E-state index in [-0.39, 0.29) is 5.91 Å². The number of carboxylic acid groups (broad SMARTS) is 1. The Balaban J connectivity index is 5.33. The Morgan fingerprint density at radius 3 is 1.85 bits per heavy atom. The number of nitrogens with zero attached hydrogens (tertiary/aromatic N) is 1. The summed E-state index contributed by atoms with van der Waals surface area (Å²) in [6.07, 6.45) is 3.35. The van der Waals surface area contributed by atoms with Crippen LogP contribution in [0.5, 0.6) is 0 Å². The van der Waals surface area contributed by atoms with Crippen molar-refractivity contribution >= 4 is 28.2 Å². The molecule has 0 fully saturated rings. The van der Waals surface area contributed by atoms with E-state index in [1.54, 1.807) is 4.57 Å². The number of rotatable bonds is 8. The monoisotopic (exact) mass is 316 g/mol. The highest BCUT2D eigenvalue weighted by molar-refractivity contribution is 6.84. The Morgan fingerprint density at radius 2 is 1.55 bits per heavy atom. The van der Waals surface area contributed by atoms with Crippen molar-refractivity contribution in [3.63, 3.8) is 0 Å². The summed E-state index contributed by atoms with van der Waals surface area (Å²) in [5.74, 6) is -1.09. The van der Waals surface area contributed by atoms with Gasteiger partial charge in [0.1, 0.15) is 0 Å². The van der Waals surface area contributed by atoms with E-state index in [0.717, 1.165) is 19.3 Å². The molecular weight excluding hydrogens is 286 g/mol. The molecule has 0 heterocycles. The van der Waals surface area contributed by atoms with Gasteiger partial charge >= 0.3 is 0 Å². The predicted octanol–water partition coefficient (Wildman–Crippen LogP) is 2.23. The molecule has 20 heavy (non-hydrogen) atoms. The molecule has 0 saturated heterocycles. The minimum atomic E-state index is -2.06. The lowest BCUT2D eigenvalue weighted by molar-refractivity contribution is -0.307. The van der Waals surface area contributed by atoms with Crippen molar-refractivity contribution in [1.29, 1.82) is 0 Å². The summed E-state index contributed by atoms with van der Waals surface area (Å²) in [7, 11) is -4.10. The number of carbonyl (C=O) groups excluding carboxylic acids is 2. The molecule has 0 aliphatic carbocycles. The average molecular weight is 317 g/mol. The molecule has 0 aromatic heterocycles. The first-order valence-corrected chi connectivity index (χ1v) is 14.5. The van der Waals surface area contributed by atoms with Crippen LogP contribution in [0.25, 0.3) is 0 Å². The highest BCUT2D eigenvalue weighted by atomic mass is 28.3. The molecule has 1 unspecified atom stereocenters. The molecule has 0 aromatic rings. The van der Waals surface area contributed by atoms with Gasteiger partial charge in [0.05, 0.1) is 19.7 Å². The number of unbranched alkanes of at least 4 members (excludes halogenated alkanes) is 2. The standard InChI is InChI=1S/C14H31NO3Si2/c1-8-9-10-11-12(16)15(20(5,6)7)13(14(17)18)19(2,3)4/h13H,8-11H2,1-7H3,(H,17,18)/p-1. The summed E-state index contributed by atoms with van der Waals surface area (Å²) in [6.45, 7) is 14.1. The van der Waals surface area contributed by atoms with Crippen LogP contribution in [0.2, 0.25) is 39.3 Å². The fraction of sp³-hybridized carbons (Fsp3) is 0.857. The Bertz CT molecular complexity index is 345. The van der Waals surface area contributed by atoms with Gasteiger partial charge in [-0.2, -0.15) is 0 Å². The molecule has 0 aliphatic rings. The van der Waals surface area contributed by atoms with Crippen molar-refractivity contribution in [2.75, 3.05) is 0 Å². The first kappa shape index (κ1) is 19.4. The van der Waals surface area contributed by atoms with Crippen LogP contribution < -0.4 is 5.11 Å². The van der Waals surface area contributed by atoms with E-state index in [1.165, 1.54) is 0 Å². The van der Waals surface area contributed by atoms with E-state index in [4.69, 9.17) is 0 Å². The van der Waals surface area contributed by atoms with E-state index in [9.17, 15) is 14.7 Å². The predicted molar refractivity (Wildman–Crippen MR) is 86.5 cm³/mol. The molecule has 0 radical (unpaired) electrons. The fourth-order valence-electron chi connectivity index (χ4n) is 2.40. The summed E-state index contributed by atoms with van der Waals surface area (Å²) in [4.78, 5) is 24.2. The SMILES string of the molecule is CCCCCC(=O)N(C(C(=O)[O-])[Si](C)(C)C)[Si](C)(C)C. The van der Waals surface area contributed by atoms with Crippen molar-refractivity contribution in [3.8, 4) is 0 Å². The van der Waals surface area contributed by atoms with Crippen LogP contribution >= 0.6 is 0 Å². The first-order chi connectivity index (χ1) is 8.92. The number of carbonyl (C=O) groups is 2. The average Bonchev–Trinajstić information content (AvgIpc) is 2.21. The van der Waals surface area contributed by atoms with Crippen molar-refractivity contribution in [2.24, 2.45) is 0 Å². The lowest BCUT2D eigenvalue weighted by atomic mass is 10.2. The normalized spacial score (nSPS) is 13.9. The number of hydrogen-bond acceptors (Lipinski definition) is 3. The van der Waals surface area contributed by atoms with Gasteiger partial charge in [0.15, 0.2) is 8.24 Å². The second-order valence-corrected chi connectivity index (χ2v) is 17.6. The van der Waals surface area contributed by atoms with Gasteiger partial charge in [-0.25, -0.2) is 0 Å². The maximum atomic E-state index is 12.5. The van der Waals surface area contributed by atoms with Gasteiger partial charge in [-0.05, 0) is 6.42 Å². The summed E-state index contributed by atoms with van der Waals surface area (Å²) in [5, 5.41) is 11.6. The third-order valence-electron chi connectivity index (χ3n) is 3.29. The molecule has 0 saturated carbocycles. The molecule has 4 nitrogen and oxygen atoms in total. The molecule has 6 heteroatoms. The molecule has 1 amide bonds. The van der Waals surface area contributed by atoms with Crippen LogP contribution in [0.15, 0.2) is 0 Å². The van der Waals surface area contributed by atoms with Gasteiger partial charge in [0.25, 0.3) is 0 Å². The van der Waals surface area contributed by atoms with E-state index in [1.807, 2.05) is 39.3 Å². The molecule has 0 rings (SSSR count). The van der Waals surface area contributed by atoms with Crippen molar-refractivity contribution in [3.05, 3.63) is 0 Å². The number of amides is 1. The summed E-state index contributed by atoms with van der Waals surface area (Å²) in [5.41, 5.74) is -0.719. The van der Waals surface area contributed by atoms with Gasteiger partial charge in [-0.3, -0.25) is 4.79 Å². The summed E-state index contributed by atoms with van der Waals surface area (Å²) >= 11 is 0. The van der Waals surface area contributed by atoms with Crippen LogP contribution in [0.4, 0.5) is 0 Å². The second-order valence-electron chi connectivity index (χ2n) is 7.48. The zero-order valence-corrected chi connectivity index (χ0v) is 16.1. The molecule has 0 bridgehead atoms. The lowest BCUT2D eigenvalue weighted by Crippen LogP contribution is -2.68. The molecule has 0 N–H and O–H groups in total. The van der Waals surface area contributed by atoms with E-state index >= 15 is 0 Å². The first-order valence-electron chi connectivity index (χ1n) is 7.46. The third kappa shape index (κ3) is 5.79. The summed E-state index contributed by atoms with van der Waals surface area (Å²) < 4.78 is 1.70. The van der Waals surface area contributed by atoms with Gasteiger partial charge in [0.2, 0.25) is 5.91 Å². The largest absolute Gasteiger partial charge is 0.548 e. The third-order valence-corrected chi connectivity index (χ3v) is 7.63. The molecule has 1 atom stereocenters. The van der Waals surface area contributed by atoms with Crippen LogP contribution in [0.1, 0.15) is 32.6 Å². The minimum absolute atomic E-state index is 0.00533. The lowest BCUT2D eigenvalue weighted by Gasteiger charge is -2.46. The molecule has 0 spiro atoms. The van der Waals surface area contributed by atoms with Crippen LogP contribution in [0, 0.1) is 0 Å². The van der Waals surface area contributed by atoms with Gasteiger partial charge < -0.3 is 14.5 Å². The Morgan fingerprint density at radius 1 is 1.05 bits per heavy atom. The molecule has 0 aromatic carbocycles. The second kappa shape index (κ2) is 7.40. The minimum Gasteiger partial charge on any atom is -0.548 e. The van der Waals surface area contributed by atoms with Crippen LogP contribution in [-0.2, 0) is 9.59 Å². The zero-order chi connectivity index (χ0) is 16.1. The fourth-order valence-corrected chi connectivity index (χ4v) is 8.09. The Labute approximate surface area is 125 Å². The molecular formula is C14H30NO3Si2-. The number of hydrogen-bond donors (Lipinski definition) is 0. The highest BCUT2D eigenvalue weighted by Gasteiger charge is 2.41. The van der Waals surface area contributed by atoms with Crippen LogP contribution in [-0.4, -0.2) is 38.4 Å². The van der Waals surface area contributed by atoms with Crippen LogP contribution in [0.3, 0.4) is 0 Å². The maximum Gasteiger partial charge on any atom is 0.214 e. The topological polar surface area (TPSA) is 60.4 Å². The van der Waals surface area contributed by atoms with Crippen molar-refractivity contribution < 1.29 is 14.7 Å². The smallest absolute Gasteiger partial charge is 0.214 e. The van der Waals surface area contributed by atoms with Gasteiger partial charge in [-0.1, -0.05) is 59.0 Å². The van der Waals surface area contributed by atoms with E-state index < -0.39 is 27.9 Å². The number of carboxylic acids is 1. The van der Waals surface area contributed by atoms with E-state index in [0.29, 0.717) is 6.42 Å². The molecule has 118 valence electrons. The quantitative estimate of drug-likeness (QED) is 0.509.